The molecule has 0 saturated heterocycles. The zero-order valence-corrected chi connectivity index (χ0v) is 15.5. The molecule has 5 heterocycles. The van der Waals surface area contributed by atoms with Crippen molar-refractivity contribution < 1.29 is 0 Å². The van der Waals surface area contributed by atoms with E-state index >= 15 is 0 Å². The second kappa shape index (κ2) is 6.43. The fourth-order valence-corrected chi connectivity index (χ4v) is 3.81. The Hall–Kier alpha value is -4.24. The summed E-state index contributed by atoms with van der Waals surface area (Å²) in [5, 5.41) is 23.3. The maximum atomic E-state index is 9.35. The number of aromatic nitrogens is 6. The quantitative estimate of drug-likeness (QED) is 0.564. The third-order valence-corrected chi connectivity index (χ3v) is 5.20. The number of nitriles is 2. The van der Waals surface area contributed by atoms with Crippen LogP contribution in [-0.4, -0.2) is 36.1 Å². The van der Waals surface area contributed by atoms with Crippen LogP contribution in [0.5, 0.6) is 0 Å². The second-order valence-electron chi connectivity index (χ2n) is 6.85. The number of hydrogen-bond donors (Lipinski definition) is 1. The van der Waals surface area contributed by atoms with Gasteiger partial charge in [-0.05, 0) is 24.6 Å². The lowest BCUT2D eigenvalue weighted by molar-refractivity contribution is 0.609. The number of aromatic amines is 1. The van der Waals surface area contributed by atoms with Gasteiger partial charge in [0.05, 0.1) is 29.4 Å². The maximum Gasteiger partial charge on any atom is 0.179 e. The molecule has 1 aliphatic heterocycles. The predicted octanol–water partition coefficient (Wildman–Crippen LogP) is 2.05. The minimum atomic E-state index is -0.280. The van der Waals surface area contributed by atoms with E-state index in [-0.39, 0.29) is 17.4 Å². The Balaban J connectivity index is 1.68. The molecule has 0 unspecified atom stereocenters. The molecule has 0 spiro atoms. The molecular weight excluding hydrogens is 366 g/mol. The van der Waals surface area contributed by atoms with E-state index in [1.54, 1.807) is 6.33 Å². The van der Waals surface area contributed by atoms with E-state index in [0.29, 0.717) is 12.4 Å². The lowest BCUT2D eigenvalue weighted by Crippen LogP contribution is -2.37. The second-order valence-corrected chi connectivity index (χ2v) is 6.85. The summed E-state index contributed by atoms with van der Waals surface area (Å²) >= 11 is 0. The third kappa shape index (κ3) is 2.60. The van der Waals surface area contributed by atoms with Crippen LogP contribution in [0.15, 0.2) is 36.9 Å². The van der Waals surface area contributed by atoms with Crippen molar-refractivity contribution in [2.45, 2.75) is 19.4 Å². The van der Waals surface area contributed by atoms with Gasteiger partial charge in [-0.15, -0.1) is 0 Å². The molecule has 9 nitrogen and oxygen atoms in total. The van der Waals surface area contributed by atoms with E-state index in [9.17, 15) is 5.26 Å². The van der Waals surface area contributed by atoms with Crippen LogP contribution < -0.4 is 4.90 Å². The molecule has 0 amide bonds. The molecule has 4 aromatic heterocycles. The molecule has 0 radical (unpaired) electrons. The van der Waals surface area contributed by atoms with Crippen LogP contribution >= 0.6 is 0 Å². The minimum absolute atomic E-state index is 0.0161. The summed E-state index contributed by atoms with van der Waals surface area (Å²) in [6.45, 7) is 2.70. The summed E-state index contributed by atoms with van der Waals surface area (Å²) < 4.78 is 1.86. The summed E-state index contributed by atoms with van der Waals surface area (Å²) in [4.78, 5) is 18.3. The highest BCUT2D eigenvalue weighted by molar-refractivity contribution is 5.58. The summed E-state index contributed by atoms with van der Waals surface area (Å²) in [6, 6.07) is 9.65. The molecule has 140 valence electrons. The highest BCUT2D eigenvalue weighted by Crippen LogP contribution is 2.36. The Kier molecular flexibility index (Phi) is 3.75. The molecule has 0 aromatic carbocycles. The van der Waals surface area contributed by atoms with Gasteiger partial charge in [-0.2, -0.15) is 15.6 Å². The topological polar surface area (TPSA) is 123 Å². The molecule has 0 saturated carbocycles. The highest BCUT2D eigenvalue weighted by Gasteiger charge is 2.34. The summed E-state index contributed by atoms with van der Waals surface area (Å²) in [7, 11) is 0. The molecule has 0 fully saturated rings. The Bertz CT molecular complexity index is 1320. The molecular formula is C20H15N9. The first-order valence-corrected chi connectivity index (χ1v) is 9.10. The normalized spacial score (nSPS) is 15.7. The van der Waals surface area contributed by atoms with Crippen molar-refractivity contribution >= 4 is 11.3 Å². The molecule has 9 heteroatoms. The fourth-order valence-electron chi connectivity index (χ4n) is 3.81. The lowest BCUT2D eigenvalue weighted by atomic mass is 9.99. The van der Waals surface area contributed by atoms with Crippen LogP contribution in [0.2, 0.25) is 0 Å². The van der Waals surface area contributed by atoms with E-state index in [2.05, 4.69) is 26.0 Å². The average Bonchev–Trinajstić information content (AvgIpc) is 3.40. The first-order chi connectivity index (χ1) is 14.2. The van der Waals surface area contributed by atoms with E-state index in [1.165, 1.54) is 6.20 Å². The SMILES string of the molecule is Cc1cccn2nc([C@H]3c4nc[nH]c4CCN3c3cnc(C#N)c(C#N)n3)cc12. The molecule has 1 atom stereocenters. The molecule has 29 heavy (non-hydrogen) atoms. The largest absolute Gasteiger partial charge is 0.348 e. The van der Waals surface area contributed by atoms with Gasteiger partial charge < -0.3 is 9.88 Å². The number of aryl methyl sites for hydroxylation is 1. The van der Waals surface area contributed by atoms with Crippen molar-refractivity contribution in [2.24, 2.45) is 0 Å². The van der Waals surface area contributed by atoms with Gasteiger partial charge in [0.25, 0.3) is 0 Å². The van der Waals surface area contributed by atoms with Gasteiger partial charge in [-0.3, -0.25) is 0 Å². The van der Waals surface area contributed by atoms with Gasteiger partial charge in [0.2, 0.25) is 0 Å². The summed E-state index contributed by atoms with van der Waals surface area (Å²) in [5.74, 6) is 0.521. The lowest BCUT2D eigenvalue weighted by Gasteiger charge is -2.34. The van der Waals surface area contributed by atoms with Gasteiger partial charge in [0, 0.05) is 24.9 Å². The number of rotatable bonds is 2. The minimum Gasteiger partial charge on any atom is -0.348 e. The molecule has 0 bridgehead atoms. The van der Waals surface area contributed by atoms with Crippen molar-refractivity contribution in [3.05, 3.63) is 71.0 Å². The van der Waals surface area contributed by atoms with Crippen molar-refractivity contribution in [1.82, 2.24) is 29.5 Å². The third-order valence-electron chi connectivity index (χ3n) is 5.20. The van der Waals surface area contributed by atoms with Gasteiger partial charge in [0.15, 0.2) is 11.4 Å². The number of imidazole rings is 1. The van der Waals surface area contributed by atoms with E-state index in [4.69, 9.17) is 10.4 Å². The van der Waals surface area contributed by atoms with Crippen LogP contribution in [0, 0.1) is 29.6 Å². The molecule has 4 aromatic rings. The van der Waals surface area contributed by atoms with Crippen molar-refractivity contribution in [3.8, 4) is 12.1 Å². The Labute approximate surface area is 165 Å². The summed E-state index contributed by atoms with van der Waals surface area (Å²) in [5.41, 5.74) is 4.95. The van der Waals surface area contributed by atoms with E-state index in [0.717, 1.165) is 34.6 Å². The molecule has 0 aliphatic carbocycles. The van der Waals surface area contributed by atoms with Gasteiger partial charge in [-0.25, -0.2) is 19.5 Å². The standard InChI is InChI=1S/C20H15N9/c1-12-3-2-5-29-17(12)7-14(27-29)20-19-13(24-11-25-19)4-6-28(20)18-10-23-15(8-21)16(9-22)26-18/h2-3,5,7,10-11,20H,4,6H2,1H3,(H,24,25)/t20-/m0/s1. The van der Waals surface area contributed by atoms with Gasteiger partial charge in [0.1, 0.15) is 24.0 Å². The molecule has 1 N–H and O–H groups in total. The van der Waals surface area contributed by atoms with E-state index in [1.807, 2.05) is 46.8 Å². The van der Waals surface area contributed by atoms with Gasteiger partial charge >= 0.3 is 0 Å². The zero-order chi connectivity index (χ0) is 20.0. The first-order valence-electron chi connectivity index (χ1n) is 9.10. The number of hydrogen-bond acceptors (Lipinski definition) is 7. The van der Waals surface area contributed by atoms with Gasteiger partial charge in [-0.1, -0.05) is 6.07 Å². The van der Waals surface area contributed by atoms with Crippen LogP contribution in [0.1, 0.15) is 40.1 Å². The average molecular weight is 381 g/mol. The van der Waals surface area contributed by atoms with Crippen molar-refractivity contribution in [2.75, 3.05) is 11.4 Å². The number of fused-ring (bicyclic) bond motifs is 2. The highest BCUT2D eigenvalue weighted by atomic mass is 15.3. The fraction of sp³-hybridized carbons (Fsp3) is 0.200. The zero-order valence-electron chi connectivity index (χ0n) is 15.5. The maximum absolute atomic E-state index is 9.35. The van der Waals surface area contributed by atoms with Crippen molar-refractivity contribution in [1.29, 1.82) is 10.5 Å². The number of anilines is 1. The smallest absolute Gasteiger partial charge is 0.179 e. The molecule has 5 rings (SSSR count). The first kappa shape index (κ1) is 16.9. The van der Waals surface area contributed by atoms with Crippen LogP contribution in [0.4, 0.5) is 5.82 Å². The predicted molar refractivity (Wildman–Crippen MR) is 103 cm³/mol. The number of nitrogens with zero attached hydrogens (tertiary/aromatic N) is 8. The van der Waals surface area contributed by atoms with Crippen LogP contribution in [0.25, 0.3) is 5.52 Å². The van der Waals surface area contributed by atoms with Crippen molar-refractivity contribution in [3.63, 3.8) is 0 Å². The Morgan fingerprint density at radius 2 is 2.07 bits per heavy atom. The summed E-state index contributed by atoms with van der Waals surface area (Å²) in [6.07, 6.45) is 5.89. The van der Waals surface area contributed by atoms with Crippen LogP contribution in [-0.2, 0) is 6.42 Å². The monoisotopic (exact) mass is 381 g/mol. The number of pyridine rings is 1. The Morgan fingerprint density at radius 1 is 1.21 bits per heavy atom. The Morgan fingerprint density at radius 3 is 2.86 bits per heavy atom. The van der Waals surface area contributed by atoms with Crippen LogP contribution in [0.3, 0.4) is 0 Å². The number of H-pyrrole nitrogens is 1. The van der Waals surface area contributed by atoms with E-state index < -0.39 is 0 Å². The number of nitrogens with one attached hydrogen (secondary N) is 1. The molecule has 1 aliphatic rings.